The van der Waals surface area contributed by atoms with Gasteiger partial charge in [-0.25, -0.2) is 4.98 Å². The highest BCUT2D eigenvalue weighted by atomic mass is 16.6. The minimum absolute atomic E-state index is 0.0103. The van der Waals surface area contributed by atoms with Crippen LogP contribution < -0.4 is 5.32 Å². The van der Waals surface area contributed by atoms with Crippen LogP contribution in [0.1, 0.15) is 0 Å². The zero-order valence-electron chi connectivity index (χ0n) is 9.12. The quantitative estimate of drug-likeness (QED) is 0.645. The Morgan fingerprint density at radius 3 is 2.59 bits per heavy atom. The third kappa shape index (κ3) is 2.36. The van der Waals surface area contributed by atoms with Gasteiger partial charge in [-0.3, -0.25) is 15.1 Å². The average molecular weight is 230 g/mol. The summed E-state index contributed by atoms with van der Waals surface area (Å²) in [5, 5.41) is 13.6. The highest BCUT2D eigenvalue weighted by Gasteiger charge is 2.11. The van der Waals surface area contributed by atoms with Crippen molar-refractivity contribution in [1.29, 1.82) is 0 Å². The molecule has 0 aliphatic carbocycles. The fraction of sp³-hybridized carbons (Fsp3) is 0.0909. The van der Waals surface area contributed by atoms with Gasteiger partial charge in [-0.1, -0.05) is 0 Å². The molecule has 0 aliphatic rings. The van der Waals surface area contributed by atoms with Crippen molar-refractivity contribution in [3.8, 4) is 11.3 Å². The molecule has 1 N–H and O–H groups in total. The molecule has 0 aliphatic heterocycles. The molecule has 0 saturated heterocycles. The summed E-state index contributed by atoms with van der Waals surface area (Å²) in [7, 11) is 1.67. The molecule has 0 bridgehead atoms. The number of nitrogens with one attached hydrogen (secondary N) is 1. The lowest BCUT2D eigenvalue weighted by Crippen LogP contribution is -1.97. The Kier molecular flexibility index (Phi) is 2.95. The van der Waals surface area contributed by atoms with Crippen molar-refractivity contribution in [3.05, 3.63) is 46.8 Å². The lowest BCUT2D eigenvalue weighted by Gasteiger charge is -2.04. The maximum absolute atomic E-state index is 10.8. The topological polar surface area (TPSA) is 81.0 Å². The first-order chi connectivity index (χ1) is 8.20. The van der Waals surface area contributed by atoms with Crippen molar-refractivity contribution in [1.82, 2.24) is 9.97 Å². The van der Waals surface area contributed by atoms with Crippen LogP contribution >= 0.6 is 0 Å². The Morgan fingerprint density at radius 1 is 1.29 bits per heavy atom. The molecule has 6 heteroatoms. The third-order valence-corrected chi connectivity index (χ3v) is 2.25. The summed E-state index contributed by atoms with van der Waals surface area (Å²) in [6.07, 6.45) is 3.24. The lowest BCUT2D eigenvalue weighted by molar-refractivity contribution is -0.384. The number of anilines is 1. The Labute approximate surface area is 97.5 Å². The van der Waals surface area contributed by atoms with Crippen LogP contribution in [0, 0.1) is 10.1 Å². The third-order valence-electron chi connectivity index (χ3n) is 2.25. The lowest BCUT2D eigenvalue weighted by atomic mass is 10.1. The van der Waals surface area contributed by atoms with E-state index in [9.17, 15) is 10.1 Å². The smallest absolute Gasteiger partial charge is 0.275 e. The van der Waals surface area contributed by atoms with Crippen LogP contribution in [0.25, 0.3) is 11.3 Å². The van der Waals surface area contributed by atoms with Crippen LogP contribution in [0.4, 0.5) is 11.5 Å². The number of nitrogens with zero attached hydrogens (tertiary/aromatic N) is 3. The zero-order chi connectivity index (χ0) is 12.3. The molecule has 2 heterocycles. The molecule has 2 aromatic heterocycles. The Hall–Kier alpha value is -2.50. The van der Waals surface area contributed by atoms with E-state index in [1.54, 1.807) is 31.6 Å². The largest absolute Gasteiger partial charge is 0.373 e. The standard InChI is InChI=1S/C11H10N4O2/c1-12-11-7-9(15(16)17)6-10(14-11)8-2-4-13-5-3-8/h2-7H,1H3,(H,12,14). The predicted octanol–water partition coefficient (Wildman–Crippen LogP) is 2.09. The second kappa shape index (κ2) is 4.56. The highest BCUT2D eigenvalue weighted by molar-refractivity contribution is 5.64. The van der Waals surface area contributed by atoms with E-state index in [1.165, 1.54) is 12.1 Å². The van der Waals surface area contributed by atoms with E-state index in [0.29, 0.717) is 11.5 Å². The molecule has 0 amide bonds. The first-order valence-electron chi connectivity index (χ1n) is 4.95. The van der Waals surface area contributed by atoms with Crippen LogP contribution in [-0.2, 0) is 0 Å². The Bertz CT molecular complexity index is 542. The van der Waals surface area contributed by atoms with Crippen molar-refractivity contribution in [2.75, 3.05) is 12.4 Å². The van der Waals surface area contributed by atoms with Gasteiger partial charge in [-0.15, -0.1) is 0 Å². The van der Waals surface area contributed by atoms with E-state index in [0.717, 1.165) is 5.56 Å². The number of hydrogen-bond donors (Lipinski definition) is 1. The fourth-order valence-electron chi connectivity index (χ4n) is 1.42. The van der Waals surface area contributed by atoms with E-state index in [-0.39, 0.29) is 5.69 Å². The molecular weight excluding hydrogens is 220 g/mol. The van der Waals surface area contributed by atoms with Gasteiger partial charge in [0.05, 0.1) is 16.7 Å². The Balaban J connectivity index is 2.54. The molecule has 0 aromatic carbocycles. The van der Waals surface area contributed by atoms with Crippen molar-refractivity contribution in [2.45, 2.75) is 0 Å². The second-order valence-electron chi connectivity index (χ2n) is 3.34. The summed E-state index contributed by atoms with van der Waals surface area (Å²) in [4.78, 5) is 18.5. The van der Waals surface area contributed by atoms with Crippen molar-refractivity contribution in [2.24, 2.45) is 0 Å². The van der Waals surface area contributed by atoms with Gasteiger partial charge in [0.2, 0.25) is 0 Å². The fourth-order valence-corrected chi connectivity index (χ4v) is 1.42. The molecule has 0 spiro atoms. The summed E-state index contributed by atoms with van der Waals surface area (Å²) in [6, 6.07) is 6.35. The summed E-state index contributed by atoms with van der Waals surface area (Å²) in [5.74, 6) is 0.464. The summed E-state index contributed by atoms with van der Waals surface area (Å²) in [6.45, 7) is 0. The normalized spacial score (nSPS) is 9.94. The minimum atomic E-state index is -0.437. The van der Waals surface area contributed by atoms with Crippen LogP contribution in [0.2, 0.25) is 0 Å². The molecule has 6 nitrogen and oxygen atoms in total. The molecule has 17 heavy (non-hydrogen) atoms. The van der Waals surface area contributed by atoms with E-state index in [1.807, 2.05) is 0 Å². The summed E-state index contributed by atoms with van der Waals surface area (Å²) >= 11 is 0. The highest BCUT2D eigenvalue weighted by Crippen LogP contribution is 2.24. The van der Waals surface area contributed by atoms with Crippen LogP contribution in [-0.4, -0.2) is 21.9 Å². The number of hydrogen-bond acceptors (Lipinski definition) is 5. The summed E-state index contributed by atoms with van der Waals surface area (Å²) < 4.78 is 0. The van der Waals surface area contributed by atoms with E-state index in [2.05, 4.69) is 15.3 Å². The predicted molar refractivity (Wildman–Crippen MR) is 63.7 cm³/mol. The minimum Gasteiger partial charge on any atom is -0.373 e. The maximum atomic E-state index is 10.8. The number of nitro groups is 1. The van der Waals surface area contributed by atoms with Crippen LogP contribution in [0.15, 0.2) is 36.7 Å². The molecule has 0 saturated carbocycles. The molecule has 0 fully saturated rings. The average Bonchev–Trinajstić information content (AvgIpc) is 2.39. The summed E-state index contributed by atoms with van der Waals surface area (Å²) in [5.41, 5.74) is 1.35. The number of rotatable bonds is 3. The van der Waals surface area contributed by atoms with Gasteiger partial charge in [0.15, 0.2) is 0 Å². The van der Waals surface area contributed by atoms with E-state index < -0.39 is 4.92 Å². The molecular formula is C11H10N4O2. The Morgan fingerprint density at radius 2 is 2.00 bits per heavy atom. The first-order valence-corrected chi connectivity index (χ1v) is 4.95. The molecule has 2 aromatic rings. The van der Waals surface area contributed by atoms with Gasteiger partial charge in [0.25, 0.3) is 5.69 Å². The molecule has 2 rings (SSSR count). The molecule has 0 atom stereocenters. The second-order valence-corrected chi connectivity index (χ2v) is 3.34. The van der Waals surface area contributed by atoms with Crippen LogP contribution in [0.3, 0.4) is 0 Å². The van der Waals surface area contributed by atoms with Gasteiger partial charge >= 0.3 is 0 Å². The molecule has 0 radical (unpaired) electrons. The van der Waals surface area contributed by atoms with E-state index >= 15 is 0 Å². The van der Waals surface area contributed by atoms with Crippen LogP contribution in [0.5, 0.6) is 0 Å². The van der Waals surface area contributed by atoms with Gasteiger partial charge in [0.1, 0.15) is 5.82 Å². The molecule has 86 valence electrons. The molecule has 0 unspecified atom stereocenters. The van der Waals surface area contributed by atoms with Gasteiger partial charge in [-0.2, -0.15) is 0 Å². The zero-order valence-corrected chi connectivity index (χ0v) is 9.12. The maximum Gasteiger partial charge on any atom is 0.275 e. The SMILES string of the molecule is CNc1cc([N+](=O)[O-])cc(-c2ccncc2)n1. The number of pyridine rings is 2. The van der Waals surface area contributed by atoms with E-state index in [4.69, 9.17) is 0 Å². The first kappa shape index (κ1) is 11.0. The van der Waals surface area contributed by atoms with Gasteiger partial charge in [0, 0.05) is 31.1 Å². The van der Waals surface area contributed by atoms with Crippen molar-refractivity contribution < 1.29 is 4.92 Å². The monoisotopic (exact) mass is 230 g/mol. The van der Waals surface area contributed by atoms with Gasteiger partial charge in [-0.05, 0) is 12.1 Å². The number of aromatic nitrogens is 2. The van der Waals surface area contributed by atoms with Gasteiger partial charge < -0.3 is 5.32 Å². The van der Waals surface area contributed by atoms with Crippen molar-refractivity contribution in [3.63, 3.8) is 0 Å². The van der Waals surface area contributed by atoms with Crippen molar-refractivity contribution >= 4 is 11.5 Å².